The Morgan fingerprint density at radius 1 is 1.30 bits per heavy atom. The number of hydrogen-bond donors (Lipinski definition) is 0. The number of carbonyl (C=O) groups excluding carboxylic acids is 1. The number of carbonyl (C=O) groups is 1. The third kappa shape index (κ3) is 5.40. The van der Waals surface area contributed by atoms with Crippen molar-refractivity contribution in [2.75, 3.05) is 13.3 Å². The minimum Gasteiger partial charge on any atom is -0.341 e. The van der Waals surface area contributed by atoms with Crippen LogP contribution in [0.15, 0.2) is 23.4 Å². The lowest BCUT2D eigenvalue weighted by atomic mass is 10.1. The van der Waals surface area contributed by atoms with Crippen molar-refractivity contribution in [2.45, 2.75) is 38.4 Å². The van der Waals surface area contributed by atoms with Crippen LogP contribution in [0.25, 0.3) is 0 Å². The van der Waals surface area contributed by atoms with Gasteiger partial charge in [-0.25, -0.2) is 9.97 Å². The van der Waals surface area contributed by atoms with Crippen LogP contribution in [0.4, 0.5) is 5.69 Å². The first-order valence-electron chi connectivity index (χ1n) is 8.27. The summed E-state index contributed by atoms with van der Waals surface area (Å²) in [6.45, 7) is 4.04. The van der Waals surface area contributed by atoms with Crippen molar-refractivity contribution in [3.63, 3.8) is 0 Å². The molecule has 1 aromatic heterocycles. The zero-order chi connectivity index (χ0) is 20.1. The fourth-order valence-electron chi connectivity index (χ4n) is 2.72. The predicted octanol–water partition coefficient (Wildman–Crippen LogP) is 3.97. The summed E-state index contributed by atoms with van der Waals surface area (Å²) in [5, 5.41) is 12.0. The van der Waals surface area contributed by atoms with Gasteiger partial charge >= 0.3 is 0 Å². The monoisotopic (exact) mass is 408 g/mol. The highest BCUT2D eigenvalue weighted by atomic mass is 35.5. The molecule has 2 rings (SSSR count). The number of amides is 1. The van der Waals surface area contributed by atoms with Crippen molar-refractivity contribution in [3.05, 3.63) is 55.9 Å². The van der Waals surface area contributed by atoms with Gasteiger partial charge in [0.05, 0.1) is 4.92 Å². The van der Waals surface area contributed by atoms with Gasteiger partial charge in [-0.15, -0.1) is 0 Å². The van der Waals surface area contributed by atoms with Crippen LogP contribution in [0, 0.1) is 24.0 Å². The van der Waals surface area contributed by atoms with Crippen LogP contribution in [-0.4, -0.2) is 39.0 Å². The maximum Gasteiger partial charge on any atom is 0.269 e. The van der Waals surface area contributed by atoms with E-state index >= 15 is 0 Å². The third-order valence-electron chi connectivity index (χ3n) is 4.24. The van der Waals surface area contributed by atoms with Gasteiger partial charge < -0.3 is 4.90 Å². The van der Waals surface area contributed by atoms with Gasteiger partial charge in [-0.2, -0.15) is 0 Å². The summed E-state index contributed by atoms with van der Waals surface area (Å²) in [7, 11) is 1.66. The van der Waals surface area contributed by atoms with Gasteiger partial charge in [-0.05, 0) is 43.7 Å². The Labute approximate surface area is 167 Å². The summed E-state index contributed by atoms with van der Waals surface area (Å²) in [5.74, 6) is -0.0784. The van der Waals surface area contributed by atoms with E-state index in [4.69, 9.17) is 11.6 Å². The molecular weight excluding hydrogens is 388 g/mol. The first kappa shape index (κ1) is 21.1. The highest BCUT2D eigenvalue weighted by molar-refractivity contribution is 7.98. The molecule has 0 N–H and O–H groups in total. The molecule has 0 fully saturated rings. The summed E-state index contributed by atoms with van der Waals surface area (Å²) < 4.78 is 0. The van der Waals surface area contributed by atoms with E-state index in [9.17, 15) is 14.9 Å². The van der Waals surface area contributed by atoms with Gasteiger partial charge in [-0.3, -0.25) is 14.9 Å². The van der Waals surface area contributed by atoms with Crippen LogP contribution in [0.1, 0.15) is 28.9 Å². The number of halogens is 1. The average Bonchev–Trinajstić information content (AvgIpc) is 2.62. The molecule has 0 unspecified atom stereocenters. The van der Waals surface area contributed by atoms with Crippen LogP contribution in [0.5, 0.6) is 0 Å². The van der Waals surface area contributed by atoms with Crippen molar-refractivity contribution in [3.8, 4) is 0 Å². The van der Waals surface area contributed by atoms with Crippen molar-refractivity contribution < 1.29 is 9.72 Å². The Hall–Kier alpha value is -2.19. The number of nitrogens with zero attached hydrogens (tertiary/aromatic N) is 4. The standard InChI is InChI=1S/C18H21ClN4O3S/c1-11-15(12(2)21-18(20-11)27-4)6-8-17(24)22(3)10-13-9-14(23(25)26)5-7-16(13)19/h5,7,9H,6,8,10H2,1-4H3. The Morgan fingerprint density at radius 2 is 1.93 bits per heavy atom. The van der Waals surface area contributed by atoms with Crippen LogP contribution >= 0.6 is 23.4 Å². The molecule has 1 aromatic carbocycles. The summed E-state index contributed by atoms with van der Waals surface area (Å²) in [4.78, 5) is 33.3. The summed E-state index contributed by atoms with van der Waals surface area (Å²) in [5.41, 5.74) is 3.23. The van der Waals surface area contributed by atoms with Gasteiger partial charge in [0.25, 0.3) is 5.69 Å². The topological polar surface area (TPSA) is 89.2 Å². The number of hydrogen-bond acceptors (Lipinski definition) is 6. The normalized spacial score (nSPS) is 10.7. The second-order valence-corrected chi connectivity index (χ2v) is 7.32. The van der Waals surface area contributed by atoms with Crippen molar-refractivity contribution in [2.24, 2.45) is 0 Å². The summed E-state index contributed by atoms with van der Waals surface area (Å²) in [6.07, 6.45) is 2.76. The molecule has 0 saturated carbocycles. The van der Waals surface area contributed by atoms with Crippen LogP contribution < -0.4 is 0 Å². The number of aromatic nitrogens is 2. The lowest BCUT2D eigenvalue weighted by Crippen LogP contribution is -2.26. The molecule has 144 valence electrons. The van der Waals surface area contributed by atoms with Crippen molar-refractivity contribution >= 4 is 35.0 Å². The molecule has 27 heavy (non-hydrogen) atoms. The molecule has 0 aliphatic heterocycles. The molecule has 9 heteroatoms. The molecule has 0 atom stereocenters. The fourth-order valence-corrected chi connectivity index (χ4v) is 3.36. The zero-order valence-corrected chi connectivity index (χ0v) is 17.2. The second-order valence-electron chi connectivity index (χ2n) is 6.14. The van der Waals surface area contributed by atoms with E-state index in [2.05, 4.69) is 9.97 Å². The number of benzene rings is 1. The highest BCUT2D eigenvalue weighted by Gasteiger charge is 2.16. The molecule has 0 saturated heterocycles. The molecule has 0 bridgehead atoms. The minimum atomic E-state index is -0.481. The first-order chi connectivity index (χ1) is 12.7. The van der Waals surface area contributed by atoms with E-state index in [0.29, 0.717) is 23.4 Å². The van der Waals surface area contributed by atoms with Gasteiger partial charge in [0.15, 0.2) is 5.16 Å². The maximum absolute atomic E-state index is 12.5. The lowest BCUT2D eigenvalue weighted by molar-refractivity contribution is -0.384. The van der Waals surface area contributed by atoms with Crippen molar-refractivity contribution in [1.82, 2.24) is 14.9 Å². The summed E-state index contributed by atoms with van der Waals surface area (Å²) in [6, 6.07) is 4.22. The Morgan fingerprint density at radius 3 is 2.48 bits per heavy atom. The van der Waals surface area contributed by atoms with E-state index < -0.39 is 4.92 Å². The summed E-state index contributed by atoms with van der Waals surface area (Å²) >= 11 is 7.60. The lowest BCUT2D eigenvalue weighted by Gasteiger charge is -2.18. The Bertz CT molecular complexity index is 853. The zero-order valence-electron chi connectivity index (χ0n) is 15.7. The molecule has 0 radical (unpaired) electrons. The minimum absolute atomic E-state index is 0.0486. The van der Waals surface area contributed by atoms with E-state index in [0.717, 1.165) is 22.1 Å². The fraction of sp³-hybridized carbons (Fsp3) is 0.389. The molecule has 2 aromatic rings. The number of non-ortho nitro benzene ring substituents is 1. The molecule has 7 nitrogen and oxygen atoms in total. The van der Waals surface area contributed by atoms with Gasteiger partial charge in [0.2, 0.25) is 5.91 Å². The average molecular weight is 409 g/mol. The molecule has 1 amide bonds. The number of rotatable bonds is 7. The van der Waals surface area contributed by atoms with Crippen LogP contribution in [-0.2, 0) is 17.8 Å². The molecule has 0 aliphatic carbocycles. The predicted molar refractivity (Wildman–Crippen MR) is 106 cm³/mol. The van der Waals surface area contributed by atoms with E-state index in [1.165, 1.54) is 34.9 Å². The Kier molecular flexibility index (Phi) is 7.15. The van der Waals surface area contributed by atoms with Gasteiger partial charge in [-0.1, -0.05) is 23.4 Å². The number of nitro groups is 1. The van der Waals surface area contributed by atoms with E-state index in [-0.39, 0.29) is 18.1 Å². The van der Waals surface area contributed by atoms with Crippen LogP contribution in [0.3, 0.4) is 0 Å². The van der Waals surface area contributed by atoms with E-state index in [1.807, 2.05) is 20.1 Å². The van der Waals surface area contributed by atoms with Crippen LogP contribution in [0.2, 0.25) is 5.02 Å². The maximum atomic E-state index is 12.5. The molecule has 1 heterocycles. The third-order valence-corrected chi connectivity index (χ3v) is 5.16. The second kappa shape index (κ2) is 9.14. The smallest absolute Gasteiger partial charge is 0.269 e. The molecular formula is C18H21ClN4O3S. The quantitative estimate of drug-likeness (QED) is 0.298. The molecule has 0 spiro atoms. The largest absolute Gasteiger partial charge is 0.341 e. The Balaban J connectivity index is 2.05. The number of nitro benzene ring substituents is 1. The van der Waals surface area contributed by atoms with Crippen molar-refractivity contribution in [1.29, 1.82) is 0 Å². The first-order valence-corrected chi connectivity index (χ1v) is 9.88. The number of thioether (sulfide) groups is 1. The SMILES string of the molecule is CSc1nc(C)c(CCC(=O)N(C)Cc2cc([N+](=O)[O-])ccc2Cl)c(C)n1. The van der Waals surface area contributed by atoms with Gasteiger partial charge in [0, 0.05) is 48.6 Å². The number of aryl methyl sites for hydroxylation is 2. The highest BCUT2D eigenvalue weighted by Crippen LogP contribution is 2.23. The van der Waals surface area contributed by atoms with Gasteiger partial charge in [0.1, 0.15) is 0 Å². The van der Waals surface area contributed by atoms with E-state index in [1.54, 1.807) is 7.05 Å². The molecule has 0 aliphatic rings.